The zero-order valence-electron chi connectivity index (χ0n) is 13.7. The Kier molecular flexibility index (Phi) is 4.60. The molecule has 0 spiro atoms. The van der Waals surface area contributed by atoms with E-state index in [0.717, 1.165) is 42.8 Å². The molecule has 8 heteroatoms. The minimum Gasteiger partial charge on any atom is -0.376 e. The summed E-state index contributed by atoms with van der Waals surface area (Å²) in [4.78, 5) is 12.7. The highest BCUT2D eigenvalue weighted by atomic mass is 16.5. The molecule has 128 valence electrons. The van der Waals surface area contributed by atoms with Crippen molar-refractivity contribution in [3.63, 3.8) is 0 Å². The lowest BCUT2D eigenvalue weighted by atomic mass is 10.2. The fraction of sp³-hybridized carbons (Fsp3) is 0.353. The molecule has 0 saturated carbocycles. The largest absolute Gasteiger partial charge is 0.376 e. The summed E-state index contributed by atoms with van der Waals surface area (Å²) in [6, 6.07) is 3.91. The van der Waals surface area contributed by atoms with Crippen LogP contribution in [0.3, 0.4) is 0 Å². The normalized spacial score (nSPS) is 16.9. The summed E-state index contributed by atoms with van der Waals surface area (Å²) in [6.45, 7) is 2.24. The van der Waals surface area contributed by atoms with Crippen LogP contribution in [0.25, 0.3) is 11.3 Å². The number of rotatable bonds is 6. The number of nitrogens with zero attached hydrogens (tertiary/aromatic N) is 6. The van der Waals surface area contributed by atoms with Crippen LogP contribution in [-0.4, -0.2) is 49.2 Å². The van der Waals surface area contributed by atoms with E-state index < -0.39 is 0 Å². The Morgan fingerprint density at radius 3 is 2.80 bits per heavy atom. The third-order valence-corrected chi connectivity index (χ3v) is 4.09. The molecule has 0 amide bonds. The highest BCUT2D eigenvalue weighted by Crippen LogP contribution is 2.16. The highest BCUT2D eigenvalue weighted by molar-refractivity contribution is 5.55. The zero-order valence-corrected chi connectivity index (χ0v) is 13.7. The topological polar surface area (TPSA) is 90.6 Å². The third kappa shape index (κ3) is 3.97. The molecular formula is C17H19N7O. The molecule has 4 heterocycles. The molecule has 1 unspecified atom stereocenters. The Bertz CT molecular complexity index is 797. The number of nitrogens with one attached hydrogen (secondary N) is 1. The molecule has 0 radical (unpaired) electrons. The van der Waals surface area contributed by atoms with Gasteiger partial charge in [0.2, 0.25) is 5.95 Å². The molecule has 0 aliphatic carbocycles. The molecule has 1 aliphatic rings. The SMILES string of the molecule is c1cc(Cn2cc(-c3cnc(NCC4CCCO4)nc3)nn2)ccn1. The fourth-order valence-electron chi connectivity index (χ4n) is 2.75. The molecule has 4 rings (SSSR count). The van der Waals surface area contributed by atoms with Crippen LogP contribution in [0.2, 0.25) is 0 Å². The van der Waals surface area contributed by atoms with E-state index in [1.807, 2.05) is 18.3 Å². The van der Waals surface area contributed by atoms with E-state index in [4.69, 9.17) is 4.74 Å². The molecule has 1 aliphatic heterocycles. The summed E-state index contributed by atoms with van der Waals surface area (Å²) < 4.78 is 7.36. The van der Waals surface area contributed by atoms with Gasteiger partial charge in [0, 0.05) is 43.5 Å². The van der Waals surface area contributed by atoms with E-state index in [-0.39, 0.29) is 6.10 Å². The molecule has 3 aromatic rings. The predicted octanol–water partition coefficient (Wildman–Crippen LogP) is 1.77. The molecule has 8 nitrogen and oxygen atoms in total. The summed E-state index contributed by atoms with van der Waals surface area (Å²) in [5.74, 6) is 0.600. The number of pyridine rings is 1. The Labute approximate surface area is 145 Å². The number of aromatic nitrogens is 6. The molecule has 1 saturated heterocycles. The maximum Gasteiger partial charge on any atom is 0.222 e. The van der Waals surface area contributed by atoms with Crippen molar-refractivity contribution >= 4 is 5.95 Å². The number of anilines is 1. The first-order valence-electron chi connectivity index (χ1n) is 8.34. The summed E-state index contributed by atoms with van der Waals surface area (Å²) in [6.07, 6.45) is 11.4. The van der Waals surface area contributed by atoms with E-state index in [1.165, 1.54) is 0 Å². The van der Waals surface area contributed by atoms with Crippen molar-refractivity contribution in [3.8, 4) is 11.3 Å². The van der Waals surface area contributed by atoms with Gasteiger partial charge in [-0.05, 0) is 30.5 Å². The molecule has 1 atom stereocenters. The van der Waals surface area contributed by atoms with Gasteiger partial charge in [0.25, 0.3) is 0 Å². The smallest absolute Gasteiger partial charge is 0.222 e. The Morgan fingerprint density at radius 2 is 2.04 bits per heavy atom. The molecule has 1 N–H and O–H groups in total. The Hall–Kier alpha value is -2.87. The van der Waals surface area contributed by atoms with Crippen molar-refractivity contribution in [1.29, 1.82) is 0 Å². The van der Waals surface area contributed by atoms with E-state index in [2.05, 4.69) is 30.6 Å². The van der Waals surface area contributed by atoms with Crippen molar-refractivity contribution in [2.45, 2.75) is 25.5 Å². The molecule has 25 heavy (non-hydrogen) atoms. The summed E-state index contributed by atoms with van der Waals surface area (Å²) in [5.41, 5.74) is 2.71. The third-order valence-electron chi connectivity index (χ3n) is 4.09. The number of hydrogen-bond acceptors (Lipinski definition) is 7. The molecule has 1 fully saturated rings. The lowest BCUT2D eigenvalue weighted by Crippen LogP contribution is -2.19. The zero-order chi connectivity index (χ0) is 16.9. The van der Waals surface area contributed by atoms with Gasteiger partial charge in [0.15, 0.2) is 0 Å². The van der Waals surface area contributed by atoms with Crippen LogP contribution in [0, 0.1) is 0 Å². The van der Waals surface area contributed by atoms with Gasteiger partial charge < -0.3 is 10.1 Å². The molecular weight excluding hydrogens is 318 g/mol. The van der Waals surface area contributed by atoms with Gasteiger partial charge in [-0.15, -0.1) is 5.10 Å². The Morgan fingerprint density at radius 1 is 1.20 bits per heavy atom. The standard InChI is InChI=1S/C17H19N7O/c1-2-15(25-7-1)10-21-17-19-8-14(9-20-17)16-12-24(23-22-16)11-13-3-5-18-6-4-13/h3-6,8-9,12,15H,1-2,7,10-11H2,(H,19,20,21). The monoisotopic (exact) mass is 337 g/mol. The minimum atomic E-state index is 0.261. The molecule has 0 bridgehead atoms. The van der Waals surface area contributed by atoms with Crippen LogP contribution in [0.1, 0.15) is 18.4 Å². The van der Waals surface area contributed by atoms with Gasteiger partial charge >= 0.3 is 0 Å². The van der Waals surface area contributed by atoms with Gasteiger partial charge in [0.05, 0.1) is 18.8 Å². The van der Waals surface area contributed by atoms with Gasteiger partial charge in [-0.1, -0.05) is 5.21 Å². The van der Waals surface area contributed by atoms with Gasteiger partial charge in [-0.2, -0.15) is 0 Å². The van der Waals surface area contributed by atoms with E-state index in [1.54, 1.807) is 29.5 Å². The first kappa shape index (κ1) is 15.6. The van der Waals surface area contributed by atoms with Crippen molar-refractivity contribution in [2.75, 3.05) is 18.5 Å². The highest BCUT2D eigenvalue weighted by Gasteiger charge is 2.15. The second-order valence-electron chi connectivity index (χ2n) is 5.97. The lowest BCUT2D eigenvalue weighted by Gasteiger charge is -2.10. The maximum absolute atomic E-state index is 5.58. The van der Waals surface area contributed by atoms with Gasteiger partial charge in [0.1, 0.15) is 5.69 Å². The van der Waals surface area contributed by atoms with Crippen LogP contribution >= 0.6 is 0 Å². The average Bonchev–Trinajstić information content (AvgIpc) is 3.33. The van der Waals surface area contributed by atoms with Gasteiger partial charge in [-0.3, -0.25) is 4.98 Å². The van der Waals surface area contributed by atoms with Crippen LogP contribution in [0.4, 0.5) is 5.95 Å². The quantitative estimate of drug-likeness (QED) is 0.733. The summed E-state index contributed by atoms with van der Waals surface area (Å²) in [5, 5.41) is 11.6. The lowest BCUT2D eigenvalue weighted by molar-refractivity contribution is 0.120. The van der Waals surface area contributed by atoms with Crippen molar-refractivity contribution in [3.05, 3.63) is 48.7 Å². The number of ether oxygens (including phenoxy) is 1. The average molecular weight is 337 g/mol. The van der Waals surface area contributed by atoms with Crippen LogP contribution in [-0.2, 0) is 11.3 Å². The minimum absolute atomic E-state index is 0.261. The summed E-state index contributed by atoms with van der Waals surface area (Å²) in [7, 11) is 0. The second kappa shape index (κ2) is 7.35. The van der Waals surface area contributed by atoms with Crippen LogP contribution in [0.5, 0.6) is 0 Å². The first-order chi connectivity index (χ1) is 12.4. The van der Waals surface area contributed by atoms with Gasteiger partial charge in [-0.25, -0.2) is 14.6 Å². The van der Waals surface area contributed by atoms with E-state index in [0.29, 0.717) is 12.5 Å². The van der Waals surface area contributed by atoms with Crippen molar-refractivity contribution < 1.29 is 4.74 Å². The molecule has 3 aromatic heterocycles. The second-order valence-corrected chi connectivity index (χ2v) is 5.97. The van der Waals surface area contributed by atoms with E-state index >= 15 is 0 Å². The Balaban J connectivity index is 1.38. The molecule has 0 aromatic carbocycles. The van der Waals surface area contributed by atoms with Crippen LogP contribution < -0.4 is 5.32 Å². The van der Waals surface area contributed by atoms with E-state index in [9.17, 15) is 0 Å². The van der Waals surface area contributed by atoms with Crippen LogP contribution in [0.15, 0.2) is 43.1 Å². The predicted molar refractivity (Wildman–Crippen MR) is 91.9 cm³/mol. The fourth-order valence-corrected chi connectivity index (χ4v) is 2.75. The summed E-state index contributed by atoms with van der Waals surface area (Å²) >= 11 is 0. The van der Waals surface area contributed by atoms with Crippen molar-refractivity contribution in [2.24, 2.45) is 0 Å². The number of hydrogen-bond donors (Lipinski definition) is 1. The maximum atomic E-state index is 5.58. The first-order valence-corrected chi connectivity index (χ1v) is 8.34. The van der Waals surface area contributed by atoms with Crippen molar-refractivity contribution in [1.82, 2.24) is 29.9 Å².